The van der Waals surface area contributed by atoms with Gasteiger partial charge < -0.3 is 20.5 Å². The minimum Gasteiger partial charge on any atom is -0.479 e. The Labute approximate surface area is 198 Å². The van der Waals surface area contributed by atoms with Gasteiger partial charge in [-0.1, -0.05) is 30.3 Å². The normalized spacial score (nSPS) is 16.1. The van der Waals surface area contributed by atoms with Gasteiger partial charge in [0.15, 0.2) is 6.10 Å². The number of aliphatic hydroxyl groups is 1. The van der Waals surface area contributed by atoms with E-state index in [9.17, 15) is 20.0 Å². The smallest absolute Gasteiger partial charge is 0.332 e. The first-order chi connectivity index (χ1) is 16.4. The average Bonchev–Trinajstić information content (AvgIpc) is 3.13. The molecule has 0 saturated heterocycles. The number of benzene rings is 2. The zero-order chi connectivity index (χ0) is 24.2. The summed E-state index contributed by atoms with van der Waals surface area (Å²) in [5, 5.41) is 29.0. The molecule has 1 aromatic heterocycles. The highest BCUT2D eigenvalue weighted by Gasteiger charge is 2.31. The van der Waals surface area contributed by atoms with E-state index in [4.69, 9.17) is 10.8 Å². The van der Waals surface area contributed by atoms with Crippen LogP contribution in [-0.4, -0.2) is 32.8 Å². The number of hydrogen-bond donors (Lipinski definition) is 3. The quantitative estimate of drug-likeness (QED) is 0.451. The van der Waals surface area contributed by atoms with Crippen LogP contribution in [0.15, 0.2) is 42.5 Å². The molecule has 0 radical (unpaired) electrons. The summed E-state index contributed by atoms with van der Waals surface area (Å²) in [5.74, 6) is -1.96. The molecule has 2 unspecified atom stereocenters. The van der Waals surface area contributed by atoms with Crippen LogP contribution in [-0.2, 0) is 35.4 Å². The van der Waals surface area contributed by atoms with Crippen LogP contribution in [0, 0.1) is 11.3 Å². The summed E-state index contributed by atoms with van der Waals surface area (Å²) >= 11 is 0. The van der Waals surface area contributed by atoms with Crippen LogP contribution in [0.2, 0.25) is 0 Å². The molecule has 7 heteroatoms. The molecule has 0 saturated carbocycles. The maximum Gasteiger partial charge on any atom is 0.332 e. The first-order valence-corrected chi connectivity index (χ1v) is 11.7. The van der Waals surface area contributed by atoms with E-state index in [2.05, 4.69) is 28.8 Å². The zero-order valence-corrected chi connectivity index (χ0v) is 19.0. The van der Waals surface area contributed by atoms with Crippen molar-refractivity contribution in [2.75, 3.05) is 0 Å². The number of rotatable bonds is 9. The van der Waals surface area contributed by atoms with Gasteiger partial charge in [-0.2, -0.15) is 5.26 Å². The lowest BCUT2D eigenvalue weighted by molar-refractivity contribution is -0.146. The summed E-state index contributed by atoms with van der Waals surface area (Å²) in [5.41, 5.74) is 11.9. The molecule has 1 aliphatic carbocycles. The topological polar surface area (TPSA) is 129 Å². The maximum absolute atomic E-state index is 12.4. The summed E-state index contributed by atoms with van der Waals surface area (Å²) in [4.78, 5) is 23.5. The van der Waals surface area contributed by atoms with Crippen LogP contribution in [0.25, 0.3) is 10.9 Å². The van der Waals surface area contributed by atoms with Crippen molar-refractivity contribution in [2.45, 2.75) is 63.5 Å². The number of carboxylic acids is 1. The molecule has 3 aromatic rings. The number of aliphatic hydroxyl groups excluding tert-OH is 1. The molecule has 0 fully saturated rings. The third-order valence-corrected chi connectivity index (χ3v) is 6.80. The molecule has 4 N–H and O–H groups in total. The van der Waals surface area contributed by atoms with Gasteiger partial charge in [-0.3, -0.25) is 4.79 Å². The number of primary amides is 1. The highest BCUT2D eigenvalue weighted by molar-refractivity contribution is 5.94. The molecule has 176 valence electrons. The number of fused-ring (bicyclic) bond motifs is 3. The van der Waals surface area contributed by atoms with E-state index in [0.29, 0.717) is 32.2 Å². The number of nitriles is 1. The van der Waals surface area contributed by atoms with Crippen LogP contribution >= 0.6 is 0 Å². The fourth-order valence-corrected chi connectivity index (χ4v) is 5.14. The Hall–Kier alpha value is -3.63. The average molecular weight is 460 g/mol. The third kappa shape index (κ3) is 4.68. The summed E-state index contributed by atoms with van der Waals surface area (Å²) in [7, 11) is 0. The number of carbonyl (C=O) groups is 2. The van der Waals surface area contributed by atoms with E-state index in [-0.39, 0.29) is 18.2 Å². The highest BCUT2D eigenvalue weighted by atomic mass is 16.4. The fraction of sp³-hybridized carbons (Fsp3) is 0.370. The number of nitrogens with zero attached hydrogens (tertiary/aromatic N) is 2. The third-order valence-electron chi connectivity index (χ3n) is 6.80. The van der Waals surface area contributed by atoms with Gasteiger partial charge in [-0.05, 0) is 72.9 Å². The summed E-state index contributed by atoms with van der Waals surface area (Å²) in [6.07, 6.45) is 2.29. The van der Waals surface area contributed by atoms with E-state index >= 15 is 0 Å². The minimum atomic E-state index is -1.45. The zero-order valence-electron chi connectivity index (χ0n) is 19.0. The molecule has 7 nitrogen and oxygen atoms in total. The second kappa shape index (κ2) is 10.1. The number of carboxylic acid groups (broad SMARTS) is 1. The molecule has 1 heterocycles. The number of aromatic nitrogens is 1. The van der Waals surface area contributed by atoms with Crippen LogP contribution in [0.1, 0.15) is 59.5 Å². The highest BCUT2D eigenvalue weighted by Crippen LogP contribution is 2.41. The standard InChI is InChI=1S/C27H29N3O4/c28-13-5-8-18-15-23-21(14-19(18)11-12-24(31)27(33)34)25-20(26(29)32)9-4-10-22(25)30(23)16-17-6-2-1-3-7-17/h1-3,6-7,14-15,20,24,31H,4-5,8-12,16H2,(H2,29,32)(H,33,34). The van der Waals surface area contributed by atoms with E-state index in [1.54, 1.807) is 0 Å². The van der Waals surface area contributed by atoms with E-state index in [1.807, 2.05) is 24.3 Å². The van der Waals surface area contributed by atoms with Crippen LogP contribution in [0.3, 0.4) is 0 Å². The number of aliphatic carboxylic acids is 1. The minimum absolute atomic E-state index is 0.0759. The van der Waals surface area contributed by atoms with E-state index < -0.39 is 12.1 Å². The predicted octanol–water partition coefficient (Wildman–Crippen LogP) is 3.43. The van der Waals surface area contributed by atoms with Crippen molar-refractivity contribution in [3.63, 3.8) is 0 Å². The Morgan fingerprint density at radius 3 is 2.59 bits per heavy atom. The van der Waals surface area contributed by atoms with Crippen LogP contribution < -0.4 is 5.73 Å². The molecule has 4 rings (SSSR count). The van der Waals surface area contributed by atoms with Gasteiger partial charge in [-0.25, -0.2) is 4.79 Å². The first-order valence-electron chi connectivity index (χ1n) is 11.7. The Bertz CT molecular complexity index is 1260. The number of aryl methyl sites for hydroxylation is 2. The summed E-state index contributed by atoms with van der Waals surface area (Å²) < 4.78 is 2.26. The molecule has 1 aliphatic rings. The lowest BCUT2D eigenvalue weighted by Gasteiger charge is -2.22. The van der Waals surface area contributed by atoms with Gasteiger partial charge >= 0.3 is 5.97 Å². The van der Waals surface area contributed by atoms with Gasteiger partial charge in [0.05, 0.1) is 12.0 Å². The van der Waals surface area contributed by atoms with Gasteiger partial charge in [-0.15, -0.1) is 0 Å². The van der Waals surface area contributed by atoms with Crippen LogP contribution in [0.5, 0.6) is 0 Å². The largest absolute Gasteiger partial charge is 0.479 e. The molecule has 0 aliphatic heterocycles. The molecule has 1 amide bonds. The van der Waals surface area contributed by atoms with Gasteiger partial charge in [0, 0.05) is 29.6 Å². The number of hydrogen-bond acceptors (Lipinski definition) is 4. The van der Waals surface area contributed by atoms with Crippen molar-refractivity contribution >= 4 is 22.8 Å². The van der Waals surface area contributed by atoms with Gasteiger partial charge in [0.2, 0.25) is 5.91 Å². The van der Waals surface area contributed by atoms with Crippen molar-refractivity contribution in [3.05, 3.63) is 70.4 Å². The Morgan fingerprint density at radius 1 is 1.18 bits per heavy atom. The SMILES string of the molecule is N#CCCc1cc2c(cc1CCC(O)C(=O)O)c1c(n2Cc2ccccc2)CCCC1C(N)=O. The number of carbonyl (C=O) groups excluding carboxylic acids is 1. The van der Waals surface area contributed by atoms with Crippen molar-refractivity contribution in [1.82, 2.24) is 4.57 Å². The summed E-state index contributed by atoms with van der Waals surface area (Å²) in [6, 6.07) is 16.4. The Kier molecular flexibility index (Phi) is 6.99. The van der Waals surface area contributed by atoms with E-state index in [0.717, 1.165) is 51.7 Å². The molecule has 2 aromatic carbocycles. The lowest BCUT2D eigenvalue weighted by Crippen LogP contribution is -2.25. The fourth-order valence-electron chi connectivity index (χ4n) is 5.14. The monoisotopic (exact) mass is 459 g/mol. The lowest BCUT2D eigenvalue weighted by atomic mass is 9.84. The molecule has 0 bridgehead atoms. The molecule has 0 spiro atoms. The van der Waals surface area contributed by atoms with Crippen molar-refractivity contribution in [3.8, 4) is 6.07 Å². The Balaban J connectivity index is 1.89. The van der Waals surface area contributed by atoms with Crippen molar-refractivity contribution in [1.29, 1.82) is 5.26 Å². The summed E-state index contributed by atoms with van der Waals surface area (Å²) in [6.45, 7) is 0.660. The number of amides is 1. The number of nitrogens with two attached hydrogens (primary N) is 1. The maximum atomic E-state index is 12.4. The second-order valence-electron chi connectivity index (χ2n) is 8.97. The first kappa shape index (κ1) is 23.5. The molecule has 2 atom stereocenters. The van der Waals surface area contributed by atoms with Crippen LogP contribution in [0.4, 0.5) is 0 Å². The van der Waals surface area contributed by atoms with E-state index in [1.165, 1.54) is 0 Å². The Morgan fingerprint density at radius 2 is 1.91 bits per heavy atom. The molecule has 34 heavy (non-hydrogen) atoms. The molecular weight excluding hydrogens is 430 g/mol. The van der Waals surface area contributed by atoms with Gasteiger partial charge in [0.25, 0.3) is 0 Å². The second-order valence-corrected chi connectivity index (χ2v) is 8.97. The van der Waals surface area contributed by atoms with Gasteiger partial charge in [0.1, 0.15) is 0 Å². The van der Waals surface area contributed by atoms with Crippen molar-refractivity contribution < 1.29 is 19.8 Å². The molecular formula is C27H29N3O4. The van der Waals surface area contributed by atoms with Crippen molar-refractivity contribution in [2.24, 2.45) is 5.73 Å². The predicted molar refractivity (Wildman–Crippen MR) is 128 cm³/mol.